The number of methoxy groups -OCH3 is 1. The van der Waals surface area contributed by atoms with Crippen molar-refractivity contribution in [2.75, 3.05) is 13.7 Å². The molecule has 0 spiro atoms. The Labute approximate surface area is 202 Å². The first kappa shape index (κ1) is 25.7. The van der Waals surface area contributed by atoms with Crippen molar-refractivity contribution < 1.29 is 19.7 Å². The molecule has 2 N–H and O–H groups in total. The summed E-state index contributed by atoms with van der Waals surface area (Å²) >= 11 is 6.73. The number of rotatable bonds is 12. The predicted octanol–water partition coefficient (Wildman–Crippen LogP) is 5.20. The van der Waals surface area contributed by atoms with Gasteiger partial charge in [-0.2, -0.15) is 0 Å². The van der Waals surface area contributed by atoms with Crippen LogP contribution in [-0.2, 0) is 28.8 Å². The molecule has 0 radical (unpaired) electrons. The number of alkyl halides is 1. The second kappa shape index (κ2) is 13.1. The number of hydrogen-bond donors (Lipinski definition) is 2. The Balaban J connectivity index is 1.64. The van der Waals surface area contributed by atoms with Crippen molar-refractivity contribution in [1.29, 1.82) is 0 Å². The monoisotopic (exact) mass is 472 g/mol. The van der Waals surface area contributed by atoms with E-state index in [2.05, 4.69) is 36.4 Å². The average Bonchev–Trinajstić information content (AvgIpc) is 3.10. The highest BCUT2D eigenvalue weighted by Gasteiger charge is 2.42. The van der Waals surface area contributed by atoms with Crippen molar-refractivity contribution in [2.45, 2.75) is 75.2 Å². The fourth-order valence-electron chi connectivity index (χ4n) is 5.02. The standard InChI is InChI=1S/C28H37ClO4/c1-33-27(32)15-12-21-8-6-9-22(17-21)18-24-25(29)19-26(31)28(24)23-13-10-20(11-14-23)7-4-2-3-5-16-30/h6,8-11,13-14,17,24-26,28,30-31H,2-5,7,12,15-16,18-19H2,1H3/t24-,25+,26+,28+/m0/s1. The maximum atomic E-state index is 11.5. The van der Waals surface area contributed by atoms with Crippen molar-refractivity contribution in [3.05, 3.63) is 70.8 Å². The van der Waals surface area contributed by atoms with E-state index in [0.717, 1.165) is 49.7 Å². The van der Waals surface area contributed by atoms with Gasteiger partial charge in [0.2, 0.25) is 0 Å². The molecular weight excluding hydrogens is 436 g/mol. The molecule has 1 saturated carbocycles. The van der Waals surface area contributed by atoms with E-state index in [1.807, 2.05) is 12.1 Å². The molecule has 1 aliphatic carbocycles. The fourth-order valence-corrected chi connectivity index (χ4v) is 5.45. The lowest BCUT2D eigenvalue weighted by Gasteiger charge is -2.24. The molecule has 0 aromatic heterocycles. The number of unbranched alkanes of at least 4 members (excludes halogenated alkanes) is 3. The summed E-state index contributed by atoms with van der Waals surface area (Å²) in [4.78, 5) is 11.5. The molecule has 0 saturated heterocycles. The van der Waals surface area contributed by atoms with E-state index >= 15 is 0 Å². The topological polar surface area (TPSA) is 66.8 Å². The lowest BCUT2D eigenvalue weighted by Crippen LogP contribution is -2.21. The highest BCUT2D eigenvalue weighted by Crippen LogP contribution is 2.44. The Kier molecular flexibility index (Phi) is 10.2. The minimum absolute atomic E-state index is 0.0184. The molecule has 0 bridgehead atoms. The smallest absolute Gasteiger partial charge is 0.305 e. The molecule has 0 unspecified atom stereocenters. The number of aliphatic hydroxyl groups excluding tert-OH is 2. The van der Waals surface area contributed by atoms with Gasteiger partial charge in [0.1, 0.15) is 0 Å². The molecule has 5 heteroatoms. The van der Waals surface area contributed by atoms with E-state index in [0.29, 0.717) is 19.3 Å². The number of aryl methyl sites for hydroxylation is 2. The van der Waals surface area contributed by atoms with Crippen LogP contribution < -0.4 is 0 Å². The highest BCUT2D eigenvalue weighted by atomic mass is 35.5. The summed E-state index contributed by atoms with van der Waals surface area (Å²) in [6.45, 7) is 0.277. The van der Waals surface area contributed by atoms with Crippen LogP contribution in [0.2, 0.25) is 0 Å². The van der Waals surface area contributed by atoms with E-state index in [1.54, 1.807) is 0 Å². The second-order valence-corrected chi connectivity index (χ2v) is 9.80. The molecule has 0 aliphatic heterocycles. The van der Waals surface area contributed by atoms with E-state index in [1.165, 1.54) is 18.2 Å². The van der Waals surface area contributed by atoms with E-state index in [4.69, 9.17) is 21.4 Å². The van der Waals surface area contributed by atoms with Crippen LogP contribution in [0.5, 0.6) is 0 Å². The quantitative estimate of drug-likeness (QED) is 0.253. The van der Waals surface area contributed by atoms with E-state index in [9.17, 15) is 9.90 Å². The number of aliphatic hydroxyl groups is 2. The Morgan fingerprint density at radius 2 is 1.73 bits per heavy atom. The Morgan fingerprint density at radius 1 is 1.00 bits per heavy atom. The van der Waals surface area contributed by atoms with Gasteiger partial charge in [-0.3, -0.25) is 4.79 Å². The van der Waals surface area contributed by atoms with Gasteiger partial charge in [0, 0.05) is 24.3 Å². The highest BCUT2D eigenvalue weighted by molar-refractivity contribution is 6.21. The third kappa shape index (κ3) is 7.56. The van der Waals surface area contributed by atoms with Crippen LogP contribution in [0, 0.1) is 5.92 Å². The summed E-state index contributed by atoms with van der Waals surface area (Å²) in [7, 11) is 1.41. The van der Waals surface area contributed by atoms with Crippen LogP contribution in [0.15, 0.2) is 48.5 Å². The van der Waals surface area contributed by atoms with E-state index in [-0.39, 0.29) is 29.8 Å². The van der Waals surface area contributed by atoms with Crippen LogP contribution in [0.3, 0.4) is 0 Å². The summed E-state index contributed by atoms with van der Waals surface area (Å²) in [5.41, 5.74) is 4.77. The lowest BCUT2D eigenvalue weighted by atomic mass is 9.83. The summed E-state index contributed by atoms with van der Waals surface area (Å²) < 4.78 is 4.75. The maximum Gasteiger partial charge on any atom is 0.305 e. The first-order valence-electron chi connectivity index (χ1n) is 12.2. The van der Waals surface area contributed by atoms with Crippen LogP contribution in [0.4, 0.5) is 0 Å². The minimum atomic E-state index is -0.440. The normalized spacial score (nSPS) is 22.4. The zero-order valence-electron chi connectivity index (χ0n) is 19.6. The maximum absolute atomic E-state index is 11.5. The third-order valence-electron chi connectivity index (χ3n) is 6.85. The molecule has 2 aromatic carbocycles. The molecule has 180 valence electrons. The van der Waals surface area contributed by atoms with Gasteiger partial charge in [-0.25, -0.2) is 0 Å². The van der Waals surface area contributed by atoms with Crippen molar-refractivity contribution in [1.82, 2.24) is 0 Å². The molecule has 4 nitrogen and oxygen atoms in total. The summed E-state index contributed by atoms with van der Waals surface area (Å²) in [6, 6.07) is 17.0. The zero-order valence-corrected chi connectivity index (χ0v) is 20.3. The van der Waals surface area contributed by atoms with Gasteiger partial charge in [-0.05, 0) is 66.7 Å². The second-order valence-electron chi connectivity index (χ2n) is 9.24. The van der Waals surface area contributed by atoms with Crippen LogP contribution in [-0.4, -0.2) is 41.4 Å². The Morgan fingerprint density at radius 3 is 2.45 bits per heavy atom. The van der Waals surface area contributed by atoms with Gasteiger partial charge < -0.3 is 14.9 Å². The van der Waals surface area contributed by atoms with Gasteiger partial charge in [-0.1, -0.05) is 61.4 Å². The number of ether oxygens (including phenoxy) is 1. The van der Waals surface area contributed by atoms with Gasteiger partial charge in [0.25, 0.3) is 0 Å². The molecule has 3 rings (SSSR count). The van der Waals surface area contributed by atoms with E-state index < -0.39 is 6.10 Å². The molecule has 1 aliphatic rings. The number of benzene rings is 2. The molecule has 1 fully saturated rings. The molecule has 0 heterocycles. The zero-order chi connectivity index (χ0) is 23.6. The number of esters is 1. The Hall–Kier alpha value is -1.88. The third-order valence-corrected chi connectivity index (χ3v) is 7.36. The summed E-state index contributed by atoms with van der Waals surface area (Å²) in [5, 5.41) is 19.6. The van der Waals surface area contributed by atoms with Gasteiger partial charge in [-0.15, -0.1) is 11.6 Å². The predicted molar refractivity (Wildman–Crippen MR) is 133 cm³/mol. The Bertz CT molecular complexity index is 866. The minimum Gasteiger partial charge on any atom is -0.469 e. The van der Waals surface area contributed by atoms with Crippen molar-refractivity contribution in [3.8, 4) is 0 Å². The van der Waals surface area contributed by atoms with Crippen LogP contribution in [0.1, 0.15) is 66.7 Å². The summed E-state index contributed by atoms with van der Waals surface area (Å²) in [6.07, 6.45) is 7.25. The largest absolute Gasteiger partial charge is 0.469 e. The lowest BCUT2D eigenvalue weighted by molar-refractivity contribution is -0.140. The van der Waals surface area contributed by atoms with Crippen molar-refractivity contribution in [3.63, 3.8) is 0 Å². The van der Waals surface area contributed by atoms with Gasteiger partial charge in [0.05, 0.1) is 13.2 Å². The van der Waals surface area contributed by atoms with Gasteiger partial charge >= 0.3 is 5.97 Å². The number of halogens is 1. The molecular formula is C28H37ClO4. The van der Waals surface area contributed by atoms with Crippen molar-refractivity contribution >= 4 is 17.6 Å². The van der Waals surface area contributed by atoms with Crippen LogP contribution >= 0.6 is 11.6 Å². The molecule has 4 atom stereocenters. The SMILES string of the molecule is COC(=O)CCc1cccc(C[C@@H]2[C@@H](c3ccc(CCCCCCO)cc3)[C@H](O)C[C@H]2Cl)c1. The first-order valence-corrected chi connectivity index (χ1v) is 12.6. The molecule has 0 amide bonds. The fraction of sp³-hybridized carbons (Fsp3) is 0.536. The van der Waals surface area contributed by atoms with Crippen LogP contribution in [0.25, 0.3) is 0 Å². The average molecular weight is 473 g/mol. The number of carbonyl (C=O) groups excluding carboxylic acids is 1. The van der Waals surface area contributed by atoms with Crippen molar-refractivity contribution in [2.24, 2.45) is 5.92 Å². The molecule has 33 heavy (non-hydrogen) atoms. The number of hydrogen-bond acceptors (Lipinski definition) is 4. The molecule has 2 aromatic rings. The number of carbonyl (C=O) groups is 1. The first-order chi connectivity index (χ1) is 16.0. The summed E-state index contributed by atoms with van der Waals surface area (Å²) in [5.74, 6) is -0.0273. The van der Waals surface area contributed by atoms with Gasteiger partial charge in [0.15, 0.2) is 0 Å².